The minimum atomic E-state index is -3.29. The van der Waals surface area contributed by atoms with Gasteiger partial charge >= 0.3 is 0 Å². The second-order valence-electron chi connectivity index (χ2n) is 2.31. The topological polar surface area (TPSA) is 43.4 Å². The lowest BCUT2D eigenvalue weighted by atomic mass is 10.8. The molecule has 0 amide bonds. The van der Waals surface area contributed by atoms with Gasteiger partial charge in [0.1, 0.15) is 0 Å². The first-order valence-corrected chi connectivity index (χ1v) is 4.73. The van der Waals surface area contributed by atoms with E-state index in [0.717, 1.165) is 12.8 Å². The summed E-state index contributed by atoms with van der Waals surface area (Å²) in [5.74, 6) is -0.0799. The fraction of sp³-hybridized carbons (Fsp3) is 0.667. The summed E-state index contributed by atoms with van der Waals surface area (Å²) in [4.78, 5) is 0. The lowest BCUT2D eigenvalue weighted by Crippen LogP contribution is -2.09. The van der Waals surface area contributed by atoms with Crippen LogP contribution in [0.4, 0.5) is 0 Å². The molecule has 4 heteroatoms. The van der Waals surface area contributed by atoms with Crippen LogP contribution in [0.25, 0.3) is 0 Å². The van der Waals surface area contributed by atoms with Crippen LogP contribution in [0.5, 0.6) is 0 Å². The highest BCUT2D eigenvalue weighted by Gasteiger charge is 2.27. The van der Waals surface area contributed by atoms with E-state index in [2.05, 4.69) is 6.58 Å². The molecule has 1 saturated carbocycles. The van der Waals surface area contributed by atoms with Crippen molar-refractivity contribution in [2.24, 2.45) is 0 Å². The fourth-order valence-electron chi connectivity index (χ4n) is 0.555. The van der Waals surface area contributed by atoms with Crippen LogP contribution in [-0.2, 0) is 14.3 Å². The van der Waals surface area contributed by atoms with Gasteiger partial charge in [-0.05, 0) is 12.8 Å². The van der Waals surface area contributed by atoms with E-state index < -0.39 is 10.1 Å². The molecule has 3 nitrogen and oxygen atoms in total. The Balaban J connectivity index is 2.41. The minimum Gasteiger partial charge on any atom is -0.267 e. The number of hydrogen-bond acceptors (Lipinski definition) is 3. The molecule has 0 heterocycles. The van der Waals surface area contributed by atoms with Gasteiger partial charge in [0, 0.05) is 0 Å². The number of hydrogen-bond donors (Lipinski definition) is 0. The molecule has 0 saturated heterocycles. The molecule has 0 spiro atoms. The zero-order valence-electron chi connectivity index (χ0n) is 5.62. The van der Waals surface area contributed by atoms with Gasteiger partial charge < -0.3 is 0 Å². The molecule has 0 N–H and O–H groups in total. The van der Waals surface area contributed by atoms with Gasteiger partial charge in [-0.15, -0.1) is 6.58 Å². The summed E-state index contributed by atoms with van der Waals surface area (Å²) in [6, 6.07) is 0. The molecule has 1 aliphatic rings. The Bertz CT molecular complexity index is 213. The third-order valence-corrected chi connectivity index (χ3v) is 2.34. The smallest absolute Gasteiger partial charge is 0.267 e. The summed E-state index contributed by atoms with van der Waals surface area (Å²) in [5.41, 5.74) is 0. The van der Waals surface area contributed by atoms with Crippen LogP contribution in [0.3, 0.4) is 0 Å². The lowest BCUT2D eigenvalue weighted by molar-refractivity contribution is 0.307. The highest BCUT2D eigenvalue weighted by molar-refractivity contribution is 7.86. The second kappa shape index (κ2) is 2.72. The van der Waals surface area contributed by atoms with Crippen LogP contribution in [0, 0.1) is 0 Å². The molecule has 1 fully saturated rings. The van der Waals surface area contributed by atoms with Crippen molar-refractivity contribution in [3.05, 3.63) is 12.7 Å². The zero-order chi connectivity index (χ0) is 7.61. The van der Waals surface area contributed by atoms with Crippen LogP contribution in [0.15, 0.2) is 12.7 Å². The van der Waals surface area contributed by atoms with E-state index in [1.807, 2.05) is 0 Å². The van der Waals surface area contributed by atoms with Gasteiger partial charge in [0.25, 0.3) is 10.1 Å². The standard InChI is InChI=1S/C6H10O3S/c1-2-5-10(7,8)9-6-3-4-6/h2,6H,1,3-5H2. The van der Waals surface area contributed by atoms with E-state index in [0.29, 0.717) is 0 Å². The van der Waals surface area contributed by atoms with E-state index in [1.54, 1.807) is 0 Å². The Morgan fingerprint density at radius 1 is 1.60 bits per heavy atom. The van der Waals surface area contributed by atoms with Crippen LogP contribution in [-0.4, -0.2) is 20.3 Å². The van der Waals surface area contributed by atoms with Crippen molar-refractivity contribution in [1.29, 1.82) is 0 Å². The Morgan fingerprint density at radius 3 is 2.60 bits per heavy atom. The Morgan fingerprint density at radius 2 is 2.20 bits per heavy atom. The average molecular weight is 162 g/mol. The van der Waals surface area contributed by atoms with Gasteiger partial charge in [-0.1, -0.05) is 6.08 Å². The van der Waals surface area contributed by atoms with Crippen LogP contribution in [0.1, 0.15) is 12.8 Å². The van der Waals surface area contributed by atoms with Crippen molar-refractivity contribution >= 4 is 10.1 Å². The summed E-state index contributed by atoms with van der Waals surface area (Å²) in [5, 5.41) is 0. The molecule has 0 aromatic heterocycles. The van der Waals surface area contributed by atoms with Gasteiger partial charge in [0.05, 0.1) is 11.9 Å². The van der Waals surface area contributed by atoms with E-state index in [9.17, 15) is 8.42 Å². The fourth-order valence-corrected chi connectivity index (χ4v) is 1.53. The van der Waals surface area contributed by atoms with E-state index in [1.165, 1.54) is 6.08 Å². The maximum absolute atomic E-state index is 10.8. The van der Waals surface area contributed by atoms with Gasteiger partial charge in [0.15, 0.2) is 0 Å². The first-order chi connectivity index (χ1) is 4.64. The third-order valence-electron chi connectivity index (χ3n) is 1.13. The van der Waals surface area contributed by atoms with Gasteiger partial charge in [-0.3, -0.25) is 4.18 Å². The largest absolute Gasteiger partial charge is 0.271 e. The summed E-state index contributed by atoms with van der Waals surface area (Å²) >= 11 is 0. The SMILES string of the molecule is C=CCS(=O)(=O)OC1CC1. The Hall–Kier alpha value is -0.350. The predicted molar refractivity (Wildman–Crippen MR) is 38.1 cm³/mol. The van der Waals surface area contributed by atoms with Crippen LogP contribution < -0.4 is 0 Å². The number of rotatable bonds is 4. The van der Waals surface area contributed by atoms with E-state index >= 15 is 0 Å². The summed E-state index contributed by atoms with van der Waals surface area (Å²) in [6.07, 6.45) is 3.04. The van der Waals surface area contributed by atoms with Crippen molar-refractivity contribution in [2.75, 3.05) is 5.75 Å². The molecule has 0 atom stereocenters. The molecular formula is C6H10O3S. The van der Waals surface area contributed by atoms with E-state index in [4.69, 9.17) is 4.18 Å². The highest BCUT2D eigenvalue weighted by Crippen LogP contribution is 2.25. The molecule has 0 bridgehead atoms. The van der Waals surface area contributed by atoms with Crippen molar-refractivity contribution in [2.45, 2.75) is 18.9 Å². The van der Waals surface area contributed by atoms with Gasteiger partial charge in [0.2, 0.25) is 0 Å². The lowest BCUT2D eigenvalue weighted by Gasteiger charge is -1.98. The maximum Gasteiger partial charge on any atom is 0.271 e. The molecule has 0 unspecified atom stereocenters. The Kier molecular flexibility index (Phi) is 2.11. The average Bonchev–Trinajstić information content (AvgIpc) is 2.48. The van der Waals surface area contributed by atoms with Gasteiger partial charge in [-0.25, -0.2) is 0 Å². The van der Waals surface area contributed by atoms with Crippen molar-refractivity contribution < 1.29 is 12.6 Å². The summed E-state index contributed by atoms with van der Waals surface area (Å²) in [6.45, 7) is 3.31. The molecule has 10 heavy (non-hydrogen) atoms. The summed E-state index contributed by atoms with van der Waals surface area (Å²) in [7, 11) is -3.29. The second-order valence-corrected chi connectivity index (χ2v) is 3.95. The molecule has 0 aromatic carbocycles. The summed E-state index contributed by atoms with van der Waals surface area (Å²) < 4.78 is 26.3. The minimum absolute atomic E-state index is 0.0371. The quantitative estimate of drug-likeness (QED) is 0.451. The zero-order valence-corrected chi connectivity index (χ0v) is 6.43. The first-order valence-electron chi connectivity index (χ1n) is 3.16. The van der Waals surface area contributed by atoms with Crippen molar-refractivity contribution in [1.82, 2.24) is 0 Å². The molecule has 0 aromatic rings. The predicted octanol–water partition coefficient (Wildman–Crippen LogP) is 0.681. The van der Waals surface area contributed by atoms with Gasteiger partial charge in [-0.2, -0.15) is 8.42 Å². The normalized spacial score (nSPS) is 18.8. The van der Waals surface area contributed by atoms with Crippen LogP contribution in [0.2, 0.25) is 0 Å². The molecule has 1 aliphatic carbocycles. The monoisotopic (exact) mass is 162 g/mol. The molecule has 0 aliphatic heterocycles. The third kappa shape index (κ3) is 2.49. The maximum atomic E-state index is 10.8. The Labute approximate surface area is 60.8 Å². The van der Waals surface area contributed by atoms with E-state index in [-0.39, 0.29) is 11.9 Å². The molecule has 58 valence electrons. The molecule has 1 rings (SSSR count). The van der Waals surface area contributed by atoms with Crippen molar-refractivity contribution in [3.8, 4) is 0 Å². The molecule has 0 radical (unpaired) electrons. The highest BCUT2D eigenvalue weighted by atomic mass is 32.2. The van der Waals surface area contributed by atoms with Crippen molar-refractivity contribution in [3.63, 3.8) is 0 Å². The van der Waals surface area contributed by atoms with Crippen LogP contribution >= 0.6 is 0 Å². The first kappa shape index (κ1) is 7.75. The molecular weight excluding hydrogens is 152 g/mol.